The molecule has 1 rings (SSSR count). The summed E-state index contributed by atoms with van der Waals surface area (Å²) in [6.45, 7) is 6.20. The van der Waals surface area contributed by atoms with Crippen molar-refractivity contribution in [3.05, 3.63) is 35.4 Å². The Morgan fingerprint density at radius 3 is 2.33 bits per heavy atom. The van der Waals surface area contributed by atoms with Gasteiger partial charge in [-0.1, -0.05) is 38.1 Å². The number of carboxylic acid groups (broad SMARTS) is 1. The number of carbonyl (C=O) groups is 1. The van der Waals surface area contributed by atoms with Crippen molar-refractivity contribution in [2.45, 2.75) is 64.6 Å². The van der Waals surface area contributed by atoms with Gasteiger partial charge in [0.2, 0.25) is 0 Å². The van der Waals surface area contributed by atoms with Gasteiger partial charge in [0.05, 0.1) is 6.10 Å². The Morgan fingerprint density at radius 2 is 1.86 bits per heavy atom. The van der Waals surface area contributed by atoms with Crippen molar-refractivity contribution in [1.29, 1.82) is 0 Å². The Labute approximate surface area is 127 Å². The van der Waals surface area contributed by atoms with Gasteiger partial charge >= 0.3 is 5.97 Å². The zero-order chi connectivity index (χ0) is 15.8. The van der Waals surface area contributed by atoms with E-state index < -0.39 is 12.1 Å². The maximum Gasteiger partial charge on any atom is 0.303 e. The van der Waals surface area contributed by atoms with Gasteiger partial charge in [0.25, 0.3) is 0 Å². The molecule has 0 aliphatic rings. The van der Waals surface area contributed by atoms with Crippen LogP contribution in [0.2, 0.25) is 0 Å². The summed E-state index contributed by atoms with van der Waals surface area (Å²) in [5.41, 5.74) is 2.06. The van der Waals surface area contributed by atoms with Gasteiger partial charge in [0.1, 0.15) is 0 Å². The van der Waals surface area contributed by atoms with Crippen LogP contribution in [-0.4, -0.2) is 28.3 Å². The summed E-state index contributed by atoms with van der Waals surface area (Å²) in [4.78, 5) is 10.8. The summed E-state index contributed by atoms with van der Waals surface area (Å²) in [6.07, 6.45) is 1.67. The first-order valence-corrected chi connectivity index (χ1v) is 7.72. The maximum atomic E-state index is 10.8. The largest absolute Gasteiger partial charge is 0.481 e. The highest BCUT2D eigenvalue weighted by Gasteiger charge is 2.22. The third-order valence-corrected chi connectivity index (χ3v) is 3.89. The van der Waals surface area contributed by atoms with Crippen LogP contribution < -0.4 is 5.32 Å². The number of benzene rings is 1. The van der Waals surface area contributed by atoms with E-state index >= 15 is 0 Å². The normalized spacial score (nSPS) is 15.4. The first-order chi connectivity index (χ1) is 9.97. The van der Waals surface area contributed by atoms with E-state index in [4.69, 9.17) is 5.11 Å². The number of hydrogen-bond acceptors (Lipinski definition) is 3. The Hall–Kier alpha value is -1.39. The number of rotatable bonds is 9. The fraction of sp³-hybridized carbons (Fsp3) is 0.588. The van der Waals surface area contributed by atoms with Crippen molar-refractivity contribution >= 4 is 5.97 Å². The quantitative estimate of drug-likeness (QED) is 0.655. The van der Waals surface area contributed by atoms with Crippen LogP contribution in [0.3, 0.4) is 0 Å². The van der Waals surface area contributed by atoms with Gasteiger partial charge in [-0.15, -0.1) is 0 Å². The van der Waals surface area contributed by atoms with Crippen LogP contribution in [0.25, 0.3) is 0 Å². The molecule has 0 saturated heterocycles. The summed E-state index contributed by atoms with van der Waals surface area (Å²) in [5, 5.41) is 22.7. The number of hydrogen-bond donors (Lipinski definition) is 3. The molecule has 0 aliphatic heterocycles. The van der Waals surface area contributed by atoms with Gasteiger partial charge in [-0.3, -0.25) is 4.79 Å². The molecular weight excluding hydrogens is 266 g/mol. The molecular formula is C17H27NO3. The van der Waals surface area contributed by atoms with E-state index in [1.165, 1.54) is 5.56 Å². The van der Waals surface area contributed by atoms with Gasteiger partial charge in [0, 0.05) is 18.5 Å². The summed E-state index contributed by atoms with van der Waals surface area (Å²) in [6, 6.07) is 7.87. The molecule has 1 aromatic rings. The van der Waals surface area contributed by atoms with E-state index in [1.807, 2.05) is 31.2 Å². The van der Waals surface area contributed by atoms with Gasteiger partial charge < -0.3 is 15.5 Å². The van der Waals surface area contributed by atoms with Crippen molar-refractivity contribution in [3.63, 3.8) is 0 Å². The number of aliphatic carboxylic acids is 1. The smallest absolute Gasteiger partial charge is 0.303 e. The van der Waals surface area contributed by atoms with Crippen LogP contribution in [0.15, 0.2) is 24.3 Å². The van der Waals surface area contributed by atoms with Crippen molar-refractivity contribution in [1.82, 2.24) is 5.32 Å². The molecule has 3 atom stereocenters. The van der Waals surface area contributed by atoms with E-state index in [2.05, 4.69) is 19.2 Å². The highest BCUT2D eigenvalue weighted by Crippen LogP contribution is 2.21. The number of nitrogens with one attached hydrogen (secondary N) is 1. The lowest BCUT2D eigenvalue weighted by Crippen LogP contribution is -2.40. The molecule has 3 unspecified atom stereocenters. The van der Waals surface area contributed by atoms with E-state index in [1.54, 1.807) is 0 Å². The van der Waals surface area contributed by atoms with Crippen molar-refractivity contribution < 1.29 is 15.0 Å². The van der Waals surface area contributed by atoms with E-state index in [0.29, 0.717) is 6.42 Å². The summed E-state index contributed by atoms with van der Waals surface area (Å²) < 4.78 is 0. The molecule has 0 fully saturated rings. The van der Waals surface area contributed by atoms with E-state index in [9.17, 15) is 9.90 Å². The highest BCUT2D eigenvalue weighted by molar-refractivity contribution is 5.66. The predicted molar refractivity (Wildman–Crippen MR) is 84.3 cm³/mol. The maximum absolute atomic E-state index is 10.8. The Balaban J connectivity index is 2.80. The van der Waals surface area contributed by atoms with Crippen molar-refractivity contribution in [3.8, 4) is 0 Å². The lowest BCUT2D eigenvalue weighted by Gasteiger charge is -2.27. The molecule has 0 spiro atoms. The molecule has 4 nitrogen and oxygen atoms in total. The standard InChI is InChI=1S/C17H27NO3/c1-4-12(3)18-15(10-11-16(19)20)17(21)14-8-6-13(5-2)7-9-14/h6-9,12,15,17-18,21H,4-5,10-11H2,1-3H3,(H,19,20). The van der Waals surface area contributed by atoms with E-state index in [-0.39, 0.29) is 18.5 Å². The zero-order valence-corrected chi connectivity index (χ0v) is 13.2. The molecule has 0 saturated carbocycles. The molecule has 3 N–H and O–H groups in total. The average Bonchev–Trinajstić information content (AvgIpc) is 2.50. The summed E-state index contributed by atoms with van der Waals surface area (Å²) >= 11 is 0. The minimum absolute atomic E-state index is 0.0538. The molecule has 118 valence electrons. The minimum Gasteiger partial charge on any atom is -0.481 e. The summed E-state index contributed by atoms with van der Waals surface area (Å²) in [7, 11) is 0. The lowest BCUT2D eigenvalue weighted by atomic mass is 9.96. The number of aliphatic hydroxyl groups is 1. The SMILES string of the molecule is CCc1ccc(C(O)C(CCC(=O)O)NC(C)CC)cc1. The third-order valence-electron chi connectivity index (χ3n) is 3.89. The molecule has 0 heterocycles. The van der Waals surface area contributed by atoms with Gasteiger partial charge in [-0.05, 0) is 37.3 Å². The third kappa shape index (κ3) is 5.86. The monoisotopic (exact) mass is 293 g/mol. The Bertz CT molecular complexity index is 430. The van der Waals surface area contributed by atoms with Crippen molar-refractivity contribution in [2.24, 2.45) is 0 Å². The Kier molecular flexibility index (Phi) is 7.40. The predicted octanol–water partition coefficient (Wildman–Crippen LogP) is 2.90. The molecule has 0 aromatic heterocycles. The van der Waals surface area contributed by atoms with Crippen LogP contribution in [0.4, 0.5) is 0 Å². The second-order valence-corrected chi connectivity index (χ2v) is 5.55. The van der Waals surface area contributed by atoms with Crippen LogP contribution in [0.5, 0.6) is 0 Å². The van der Waals surface area contributed by atoms with Crippen LogP contribution in [0, 0.1) is 0 Å². The average molecular weight is 293 g/mol. The molecule has 0 bridgehead atoms. The second-order valence-electron chi connectivity index (χ2n) is 5.55. The Morgan fingerprint density at radius 1 is 1.24 bits per heavy atom. The first kappa shape index (κ1) is 17.7. The fourth-order valence-corrected chi connectivity index (χ4v) is 2.28. The lowest BCUT2D eigenvalue weighted by molar-refractivity contribution is -0.137. The fourth-order valence-electron chi connectivity index (χ4n) is 2.28. The van der Waals surface area contributed by atoms with Crippen LogP contribution in [0.1, 0.15) is 57.3 Å². The van der Waals surface area contributed by atoms with Gasteiger partial charge in [0.15, 0.2) is 0 Å². The molecule has 21 heavy (non-hydrogen) atoms. The van der Waals surface area contributed by atoms with Gasteiger partial charge in [-0.25, -0.2) is 0 Å². The number of aliphatic hydroxyl groups excluding tert-OH is 1. The van der Waals surface area contributed by atoms with Gasteiger partial charge in [-0.2, -0.15) is 0 Å². The van der Waals surface area contributed by atoms with Crippen LogP contribution in [-0.2, 0) is 11.2 Å². The number of aryl methyl sites for hydroxylation is 1. The molecule has 0 radical (unpaired) electrons. The zero-order valence-electron chi connectivity index (χ0n) is 13.2. The summed E-state index contributed by atoms with van der Waals surface area (Å²) in [5.74, 6) is -0.834. The molecule has 0 aliphatic carbocycles. The van der Waals surface area contributed by atoms with E-state index in [0.717, 1.165) is 18.4 Å². The topological polar surface area (TPSA) is 69.6 Å². The molecule has 4 heteroatoms. The first-order valence-electron chi connectivity index (χ1n) is 7.72. The number of carboxylic acids is 1. The minimum atomic E-state index is -0.834. The van der Waals surface area contributed by atoms with Crippen molar-refractivity contribution in [2.75, 3.05) is 0 Å². The highest BCUT2D eigenvalue weighted by atomic mass is 16.4. The van der Waals surface area contributed by atoms with Crippen LogP contribution >= 0.6 is 0 Å². The molecule has 0 amide bonds. The second kappa shape index (κ2) is 8.80. The molecule has 1 aromatic carbocycles.